The quantitative estimate of drug-likeness (QED) is 0.834. The molecule has 1 aromatic carbocycles. The van der Waals surface area contributed by atoms with Crippen LogP contribution in [-0.2, 0) is 12.8 Å². The molecule has 0 aliphatic carbocycles. The van der Waals surface area contributed by atoms with Crippen LogP contribution in [0.4, 0.5) is 9.52 Å². The van der Waals surface area contributed by atoms with E-state index < -0.39 is 0 Å². The normalized spacial score (nSPS) is 18.1. The van der Waals surface area contributed by atoms with Crippen LogP contribution in [0.2, 0.25) is 0 Å². The largest absolute Gasteiger partial charge is 0.346 e. The van der Waals surface area contributed by atoms with Gasteiger partial charge in [0.15, 0.2) is 0 Å². The van der Waals surface area contributed by atoms with E-state index in [1.807, 2.05) is 19.1 Å². The molecule has 22 heavy (non-hydrogen) atoms. The molecular formula is C17H22FN3S. The second kappa shape index (κ2) is 6.73. The minimum absolute atomic E-state index is 0.117. The summed E-state index contributed by atoms with van der Waals surface area (Å²) >= 11 is 1.72. The van der Waals surface area contributed by atoms with Crippen molar-refractivity contribution in [2.75, 3.05) is 18.0 Å². The number of aromatic nitrogens is 2. The maximum atomic E-state index is 13.3. The molecule has 3 nitrogen and oxygen atoms in total. The van der Waals surface area contributed by atoms with Crippen LogP contribution in [0.3, 0.4) is 0 Å². The summed E-state index contributed by atoms with van der Waals surface area (Å²) in [7, 11) is 0. The monoisotopic (exact) mass is 319 g/mol. The summed E-state index contributed by atoms with van der Waals surface area (Å²) in [6.07, 6.45) is 4.31. The van der Waals surface area contributed by atoms with Crippen molar-refractivity contribution in [1.29, 1.82) is 0 Å². The number of hydrogen-bond donors (Lipinski definition) is 0. The fourth-order valence-electron chi connectivity index (χ4n) is 3.03. The minimum atomic E-state index is -0.117. The highest BCUT2D eigenvalue weighted by Gasteiger charge is 2.25. The first-order chi connectivity index (χ1) is 10.7. The molecule has 1 aliphatic heterocycles. The van der Waals surface area contributed by atoms with Crippen molar-refractivity contribution in [2.45, 2.75) is 39.5 Å². The van der Waals surface area contributed by atoms with Gasteiger partial charge in [0.1, 0.15) is 10.8 Å². The van der Waals surface area contributed by atoms with Crippen molar-refractivity contribution in [1.82, 2.24) is 10.2 Å². The summed E-state index contributed by atoms with van der Waals surface area (Å²) in [5.74, 6) is 0.498. The molecule has 0 saturated carbocycles. The van der Waals surface area contributed by atoms with Gasteiger partial charge in [-0.3, -0.25) is 0 Å². The van der Waals surface area contributed by atoms with Crippen molar-refractivity contribution in [3.05, 3.63) is 40.2 Å². The van der Waals surface area contributed by atoms with Crippen LogP contribution in [0.1, 0.15) is 35.9 Å². The average Bonchev–Trinajstić information content (AvgIpc) is 3.12. The van der Waals surface area contributed by atoms with Crippen molar-refractivity contribution in [3.63, 3.8) is 0 Å². The highest BCUT2D eigenvalue weighted by molar-refractivity contribution is 7.15. The number of rotatable bonds is 5. The third-order valence-corrected chi connectivity index (χ3v) is 5.27. The Bertz CT molecular complexity index is 641. The average molecular weight is 319 g/mol. The molecule has 2 aromatic rings. The first kappa shape index (κ1) is 15.4. The first-order valence-corrected chi connectivity index (χ1v) is 8.79. The highest BCUT2D eigenvalue weighted by Crippen LogP contribution is 2.29. The van der Waals surface area contributed by atoms with E-state index in [0.717, 1.165) is 48.1 Å². The highest BCUT2D eigenvalue weighted by atomic mass is 32.1. The second-order valence-electron chi connectivity index (χ2n) is 6.12. The molecule has 1 saturated heterocycles. The zero-order valence-electron chi connectivity index (χ0n) is 13.2. The molecule has 118 valence electrons. The van der Waals surface area contributed by atoms with E-state index in [-0.39, 0.29) is 5.82 Å². The molecule has 1 aliphatic rings. The van der Waals surface area contributed by atoms with Gasteiger partial charge in [0, 0.05) is 19.5 Å². The van der Waals surface area contributed by atoms with Crippen LogP contribution in [-0.4, -0.2) is 23.3 Å². The molecule has 2 heterocycles. The lowest BCUT2D eigenvalue weighted by molar-refractivity contribution is 0.581. The molecule has 0 bridgehead atoms. The number of anilines is 1. The van der Waals surface area contributed by atoms with E-state index in [0.29, 0.717) is 5.92 Å². The Kier molecular flexibility index (Phi) is 4.71. The summed E-state index contributed by atoms with van der Waals surface area (Å²) in [6.45, 7) is 6.07. The second-order valence-corrected chi connectivity index (χ2v) is 7.16. The lowest BCUT2D eigenvalue weighted by Gasteiger charge is -2.14. The van der Waals surface area contributed by atoms with Gasteiger partial charge in [-0.15, -0.1) is 10.2 Å². The fourth-order valence-corrected chi connectivity index (χ4v) is 4.00. The molecule has 5 heteroatoms. The van der Waals surface area contributed by atoms with Gasteiger partial charge in [0.25, 0.3) is 0 Å². The van der Waals surface area contributed by atoms with Crippen LogP contribution in [0, 0.1) is 18.7 Å². The summed E-state index contributed by atoms with van der Waals surface area (Å²) in [6, 6.07) is 5.47. The summed E-state index contributed by atoms with van der Waals surface area (Å²) < 4.78 is 13.3. The molecule has 0 amide bonds. The lowest BCUT2D eigenvalue weighted by Crippen LogP contribution is -2.20. The zero-order valence-corrected chi connectivity index (χ0v) is 14.0. The van der Waals surface area contributed by atoms with Gasteiger partial charge in [-0.05, 0) is 49.3 Å². The maximum absolute atomic E-state index is 13.3. The van der Waals surface area contributed by atoms with E-state index in [4.69, 9.17) is 0 Å². The Morgan fingerprint density at radius 3 is 3.00 bits per heavy atom. The molecule has 0 N–H and O–H groups in total. The van der Waals surface area contributed by atoms with Crippen LogP contribution >= 0.6 is 11.3 Å². The van der Waals surface area contributed by atoms with Gasteiger partial charge >= 0.3 is 0 Å². The van der Waals surface area contributed by atoms with E-state index >= 15 is 0 Å². The smallest absolute Gasteiger partial charge is 0.208 e. The molecular weight excluding hydrogens is 297 g/mol. The van der Waals surface area contributed by atoms with Crippen LogP contribution in [0.25, 0.3) is 0 Å². The first-order valence-electron chi connectivity index (χ1n) is 7.98. The van der Waals surface area contributed by atoms with E-state index in [2.05, 4.69) is 22.0 Å². The van der Waals surface area contributed by atoms with Crippen molar-refractivity contribution < 1.29 is 4.39 Å². The van der Waals surface area contributed by atoms with Gasteiger partial charge in [0.2, 0.25) is 5.13 Å². The number of hydrogen-bond acceptors (Lipinski definition) is 4. The number of halogens is 1. The number of aryl methyl sites for hydroxylation is 2. The third-order valence-electron chi connectivity index (χ3n) is 4.22. The lowest BCUT2D eigenvalue weighted by atomic mass is 9.97. The Balaban J connectivity index is 1.60. The minimum Gasteiger partial charge on any atom is -0.346 e. The molecule has 1 atom stereocenters. The Labute approximate surface area is 135 Å². The van der Waals surface area contributed by atoms with Gasteiger partial charge in [-0.2, -0.15) is 0 Å². The number of nitrogens with zero attached hydrogens (tertiary/aromatic N) is 3. The van der Waals surface area contributed by atoms with Gasteiger partial charge < -0.3 is 4.90 Å². The molecule has 1 fully saturated rings. The van der Waals surface area contributed by atoms with Crippen molar-refractivity contribution in [3.8, 4) is 0 Å². The topological polar surface area (TPSA) is 29.0 Å². The van der Waals surface area contributed by atoms with E-state index in [1.54, 1.807) is 17.4 Å². The van der Waals surface area contributed by atoms with Gasteiger partial charge in [-0.1, -0.05) is 30.4 Å². The zero-order chi connectivity index (χ0) is 15.5. The predicted molar refractivity (Wildman–Crippen MR) is 89.1 cm³/mol. The van der Waals surface area contributed by atoms with E-state index in [9.17, 15) is 4.39 Å². The fraction of sp³-hybridized carbons (Fsp3) is 0.529. The molecule has 3 rings (SSSR count). The third kappa shape index (κ3) is 3.46. The molecule has 1 aromatic heterocycles. The Morgan fingerprint density at radius 1 is 1.36 bits per heavy atom. The van der Waals surface area contributed by atoms with Crippen molar-refractivity contribution >= 4 is 16.5 Å². The standard InChI is InChI=1S/C17H22FN3S/c1-3-4-16-19-20-17(22-16)21-8-7-14(11-21)10-13-5-6-15(18)12(2)9-13/h5-6,9,14H,3-4,7-8,10-11H2,1-2H3. The van der Waals surface area contributed by atoms with Crippen LogP contribution in [0.5, 0.6) is 0 Å². The Hall–Kier alpha value is -1.49. The van der Waals surface area contributed by atoms with Gasteiger partial charge in [-0.25, -0.2) is 4.39 Å². The Morgan fingerprint density at radius 2 is 2.23 bits per heavy atom. The summed E-state index contributed by atoms with van der Waals surface area (Å²) in [5.41, 5.74) is 1.97. The van der Waals surface area contributed by atoms with Crippen molar-refractivity contribution in [2.24, 2.45) is 5.92 Å². The molecule has 0 radical (unpaired) electrons. The van der Waals surface area contributed by atoms with Gasteiger partial charge in [0.05, 0.1) is 0 Å². The molecule has 1 unspecified atom stereocenters. The van der Waals surface area contributed by atoms with E-state index in [1.165, 1.54) is 12.0 Å². The summed E-state index contributed by atoms with van der Waals surface area (Å²) in [4.78, 5) is 2.35. The maximum Gasteiger partial charge on any atom is 0.208 e. The number of benzene rings is 1. The predicted octanol–water partition coefficient (Wildman–Crippen LogP) is 4.01. The van der Waals surface area contributed by atoms with Crippen LogP contribution < -0.4 is 4.90 Å². The molecule has 0 spiro atoms. The summed E-state index contributed by atoms with van der Waals surface area (Å²) in [5, 5.41) is 10.8. The van der Waals surface area contributed by atoms with Crippen LogP contribution in [0.15, 0.2) is 18.2 Å². The SMILES string of the molecule is CCCc1nnc(N2CCC(Cc3ccc(F)c(C)c3)C2)s1.